The number of benzene rings is 2. The lowest BCUT2D eigenvalue weighted by atomic mass is 10.1. The maximum absolute atomic E-state index is 13.8. The molecular formula is C29H29Cl2F6N4O6S2-. The minimum absolute atomic E-state index is 0.0485. The van der Waals surface area contributed by atoms with Gasteiger partial charge in [0.1, 0.15) is 5.82 Å². The summed E-state index contributed by atoms with van der Waals surface area (Å²) in [6.07, 6.45) is -5.68. The van der Waals surface area contributed by atoms with Crippen molar-refractivity contribution in [1.29, 1.82) is 0 Å². The van der Waals surface area contributed by atoms with Crippen molar-refractivity contribution in [2.24, 2.45) is 0 Å². The largest absolute Gasteiger partial charge is 0.748 e. The first-order valence-corrected chi connectivity index (χ1v) is 18.5. The molecule has 0 fully saturated rings. The van der Waals surface area contributed by atoms with Gasteiger partial charge in [-0.05, 0) is 44.9 Å². The van der Waals surface area contributed by atoms with Crippen LogP contribution in [-0.4, -0.2) is 55.1 Å². The summed E-state index contributed by atoms with van der Waals surface area (Å²) in [4.78, 5) is 3.01. The quantitative estimate of drug-likeness (QED) is 0.118. The predicted octanol–water partition coefficient (Wildman–Crippen LogP) is 6.36. The van der Waals surface area contributed by atoms with Gasteiger partial charge in [0.2, 0.25) is 0 Å². The van der Waals surface area contributed by atoms with Crippen LogP contribution in [-0.2, 0) is 45.7 Å². The molecule has 0 unspecified atom stereocenters. The van der Waals surface area contributed by atoms with Gasteiger partial charge >= 0.3 is 12.4 Å². The monoisotopic (exact) mass is 777 g/mol. The predicted molar refractivity (Wildman–Crippen MR) is 170 cm³/mol. The fourth-order valence-corrected chi connectivity index (χ4v) is 7.20. The number of alkyl halides is 6. The van der Waals surface area contributed by atoms with Gasteiger partial charge in [-0.2, -0.15) is 26.3 Å². The Bertz CT molecular complexity index is 2030. The van der Waals surface area contributed by atoms with Gasteiger partial charge in [-0.25, -0.2) is 26.0 Å². The smallest absolute Gasteiger partial charge is 0.418 e. The lowest BCUT2D eigenvalue weighted by Crippen LogP contribution is -2.37. The van der Waals surface area contributed by atoms with Gasteiger partial charge in [0.05, 0.1) is 65.9 Å². The zero-order chi connectivity index (χ0) is 36.7. The summed E-state index contributed by atoms with van der Waals surface area (Å²) in [5, 5.41) is -1.15. The molecule has 1 aromatic heterocycles. The molecule has 2 aromatic carbocycles. The van der Waals surface area contributed by atoms with E-state index in [1.54, 1.807) is 23.3 Å². The molecule has 10 nitrogen and oxygen atoms in total. The van der Waals surface area contributed by atoms with Crippen molar-refractivity contribution < 1.29 is 56.9 Å². The number of anilines is 2. The van der Waals surface area contributed by atoms with Gasteiger partial charge in [0.15, 0.2) is 11.0 Å². The molecule has 20 heteroatoms. The van der Waals surface area contributed by atoms with Gasteiger partial charge < -0.3 is 18.9 Å². The number of imidazole rings is 1. The van der Waals surface area contributed by atoms with Crippen LogP contribution in [0, 0.1) is 0 Å². The van der Waals surface area contributed by atoms with Crippen LogP contribution in [0.3, 0.4) is 0 Å². The molecule has 0 bridgehead atoms. The number of hydrogen-bond acceptors (Lipinski definition) is 8. The standard InChI is InChI=1S/C29H30Cl2F6N4O6S2/c1-3-38-24-16-20(30)18(28(32,33)34)14-22(24)40(10-6-12-48(42,43)44)26(38)8-5-9-27-39(4-2)25-17-21(31)19(29(35,36)37)15-23(25)41(27)11-7-13-49(45,46)47/h5,8-9,14-17H,3-4,6-7,10-13H2,1-2H3,(H-,42,43,44,45,46,47)/p-1. The zero-order valence-corrected chi connectivity index (χ0v) is 28.9. The molecule has 49 heavy (non-hydrogen) atoms. The maximum Gasteiger partial charge on any atom is 0.418 e. The van der Waals surface area contributed by atoms with E-state index in [0.717, 1.165) is 24.3 Å². The van der Waals surface area contributed by atoms with Crippen LogP contribution in [0.2, 0.25) is 10.0 Å². The number of fused-ring (bicyclic) bond motifs is 2. The highest BCUT2D eigenvalue weighted by molar-refractivity contribution is 7.85. The highest BCUT2D eigenvalue weighted by atomic mass is 35.5. The summed E-state index contributed by atoms with van der Waals surface area (Å²) < 4.78 is 154. The molecule has 1 aliphatic heterocycles. The number of aromatic nitrogens is 2. The molecule has 0 amide bonds. The molecule has 1 aliphatic rings. The van der Waals surface area contributed by atoms with Crippen LogP contribution >= 0.6 is 23.2 Å². The third-order valence-electron chi connectivity index (χ3n) is 7.68. The highest BCUT2D eigenvalue weighted by Gasteiger charge is 2.39. The maximum atomic E-state index is 13.8. The minimum atomic E-state index is -4.82. The lowest BCUT2D eigenvalue weighted by molar-refractivity contribution is -0.673. The second-order valence-electron chi connectivity index (χ2n) is 10.9. The number of hydrogen-bond donors (Lipinski definition) is 0. The Kier molecular flexibility index (Phi) is 11.3. The van der Waals surface area contributed by atoms with Crippen LogP contribution in [0.15, 0.2) is 42.2 Å². The van der Waals surface area contributed by atoms with Crippen LogP contribution in [0.5, 0.6) is 0 Å². The van der Waals surface area contributed by atoms with E-state index in [0.29, 0.717) is 0 Å². The second kappa shape index (κ2) is 14.3. The molecule has 0 radical (unpaired) electrons. The van der Waals surface area contributed by atoms with E-state index in [2.05, 4.69) is 0 Å². The van der Waals surface area contributed by atoms with Crippen LogP contribution in [0.4, 0.5) is 37.7 Å². The Balaban J connectivity index is 1.88. The van der Waals surface area contributed by atoms with E-state index in [1.807, 2.05) is 0 Å². The van der Waals surface area contributed by atoms with Crippen LogP contribution < -0.4 is 14.4 Å². The summed E-state index contributed by atoms with van der Waals surface area (Å²) in [7, 11) is -9.29. The zero-order valence-electron chi connectivity index (χ0n) is 25.8. The molecule has 0 spiro atoms. The molecule has 4 rings (SSSR count). The topological polar surface area (TPSA) is 130 Å². The Labute approximate surface area is 288 Å². The first-order valence-electron chi connectivity index (χ1n) is 14.6. The number of nitrogens with zero attached hydrogens (tertiary/aromatic N) is 4. The summed E-state index contributed by atoms with van der Waals surface area (Å²) >= 11 is 12.0. The molecule has 0 N–H and O–H groups in total. The van der Waals surface area contributed by atoms with Crippen molar-refractivity contribution in [2.45, 2.75) is 52.1 Å². The van der Waals surface area contributed by atoms with Gasteiger partial charge in [-0.3, -0.25) is 0 Å². The third kappa shape index (κ3) is 8.83. The normalized spacial score (nSPS) is 15.4. The summed E-state index contributed by atoms with van der Waals surface area (Å²) in [5.74, 6) is -1.02. The molecule has 0 atom stereocenters. The lowest BCUT2D eigenvalue weighted by Gasteiger charge is -2.24. The molecular weight excluding hydrogens is 749 g/mol. The van der Waals surface area contributed by atoms with E-state index in [1.165, 1.54) is 27.7 Å². The SMILES string of the molecule is CCN1/C(=C\C=C\c2n(CC)c3cc(Cl)c(C(F)(F)F)cc3[n+]2CCCS(=O)(=O)[O-])N(CCCS(=O)(=O)[O-])c2cc(C(F)(F)F)c(Cl)cc21. The molecule has 0 saturated carbocycles. The molecule has 0 aliphatic carbocycles. The first kappa shape index (κ1) is 38.8. The van der Waals surface area contributed by atoms with E-state index >= 15 is 0 Å². The van der Waals surface area contributed by atoms with E-state index < -0.39 is 65.3 Å². The molecule has 2 heterocycles. The fourth-order valence-electron chi connectivity index (χ4n) is 5.70. The van der Waals surface area contributed by atoms with Crippen molar-refractivity contribution in [1.82, 2.24) is 4.57 Å². The van der Waals surface area contributed by atoms with Gasteiger partial charge in [0, 0.05) is 42.8 Å². The Morgan fingerprint density at radius 1 is 0.796 bits per heavy atom. The van der Waals surface area contributed by atoms with Crippen molar-refractivity contribution in [3.8, 4) is 0 Å². The van der Waals surface area contributed by atoms with Gasteiger partial charge in [-0.15, -0.1) is 0 Å². The van der Waals surface area contributed by atoms with Gasteiger partial charge in [-0.1, -0.05) is 29.3 Å². The average Bonchev–Trinajstić information content (AvgIpc) is 3.39. The van der Waals surface area contributed by atoms with Crippen molar-refractivity contribution in [3.63, 3.8) is 0 Å². The second-order valence-corrected chi connectivity index (χ2v) is 14.8. The first-order chi connectivity index (χ1) is 22.6. The minimum Gasteiger partial charge on any atom is -0.748 e. The highest BCUT2D eigenvalue weighted by Crippen LogP contribution is 2.48. The molecule has 0 saturated heterocycles. The summed E-state index contributed by atoms with van der Waals surface area (Å²) in [6, 6.07) is 3.90. The van der Waals surface area contributed by atoms with Crippen molar-refractivity contribution in [2.75, 3.05) is 34.4 Å². The number of rotatable bonds is 12. The van der Waals surface area contributed by atoms with E-state index in [-0.39, 0.29) is 73.1 Å². The summed E-state index contributed by atoms with van der Waals surface area (Å²) in [6.45, 7) is 3.47. The van der Waals surface area contributed by atoms with E-state index in [4.69, 9.17) is 23.2 Å². The fraction of sp³-hybridized carbons (Fsp3) is 0.414. The van der Waals surface area contributed by atoms with E-state index in [9.17, 15) is 52.3 Å². The summed E-state index contributed by atoms with van der Waals surface area (Å²) in [5.41, 5.74) is -1.62. The van der Waals surface area contributed by atoms with Crippen LogP contribution in [0.25, 0.3) is 17.1 Å². The van der Waals surface area contributed by atoms with Gasteiger partial charge in [0.25, 0.3) is 5.82 Å². The Morgan fingerprint density at radius 3 is 1.90 bits per heavy atom. The number of aryl methyl sites for hydroxylation is 2. The average molecular weight is 779 g/mol. The van der Waals surface area contributed by atoms with Crippen molar-refractivity contribution >= 4 is 71.9 Å². The number of halogens is 8. The van der Waals surface area contributed by atoms with Crippen molar-refractivity contribution in [3.05, 3.63) is 69.2 Å². The number of allylic oxidation sites excluding steroid dienone is 2. The Hall–Kier alpha value is -3.03. The third-order valence-corrected chi connectivity index (χ3v) is 9.89. The Morgan fingerprint density at radius 2 is 1.35 bits per heavy atom. The molecule has 270 valence electrons. The van der Waals surface area contributed by atoms with Crippen LogP contribution in [0.1, 0.15) is 43.6 Å². The molecule has 3 aromatic rings.